The van der Waals surface area contributed by atoms with E-state index in [1.165, 1.54) is 0 Å². The van der Waals surface area contributed by atoms with E-state index in [-0.39, 0.29) is 5.54 Å². The standard InChI is InChI=1S/C6H14ClN/c1-4-8-6(2,3)5-7/h8H,4-5H2,1-3H3. The lowest BCUT2D eigenvalue weighted by atomic mass is 10.1. The highest BCUT2D eigenvalue weighted by atomic mass is 35.5. The molecule has 0 saturated heterocycles. The van der Waals surface area contributed by atoms with Gasteiger partial charge in [0.25, 0.3) is 0 Å². The van der Waals surface area contributed by atoms with Crippen molar-refractivity contribution < 1.29 is 0 Å². The second-order valence-corrected chi connectivity index (χ2v) is 2.82. The van der Waals surface area contributed by atoms with Crippen LogP contribution in [-0.2, 0) is 0 Å². The number of alkyl halides is 1. The SMILES string of the molecule is CCNC(C)(C)CCl. The van der Waals surface area contributed by atoms with Crippen molar-refractivity contribution in [3.05, 3.63) is 0 Å². The third kappa shape index (κ3) is 3.28. The van der Waals surface area contributed by atoms with E-state index < -0.39 is 0 Å². The largest absolute Gasteiger partial charge is 0.311 e. The molecule has 50 valence electrons. The summed E-state index contributed by atoms with van der Waals surface area (Å²) >= 11 is 5.61. The van der Waals surface area contributed by atoms with Gasteiger partial charge in [0, 0.05) is 11.4 Å². The van der Waals surface area contributed by atoms with Gasteiger partial charge in [-0.2, -0.15) is 0 Å². The van der Waals surface area contributed by atoms with Crippen LogP contribution in [0.25, 0.3) is 0 Å². The Labute approximate surface area is 56.4 Å². The van der Waals surface area contributed by atoms with Gasteiger partial charge in [-0.1, -0.05) is 6.92 Å². The first kappa shape index (κ1) is 8.25. The first-order valence-electron chi connectivity index (χ1n) is 2.93. The van der Waals surface area contributed by atoms with Crippen molar-refractivity contribution in [2.75, 3.05) is 12.4 Å². The Kier molecular flexibility index (Phi) is 3.41. The molecular weight excluding hydrogens is 122 g/mol. The van der Waals surface area contributed by atoms with Gasteiger partial charge < -0.3 is 5.32 Å². The number of nitrogens with one attached hydrogen (secondary N) is 1. The number of halogens is 1. The first-order chi connectivity index (χ1) is 3.62. The van der Waals surface area contributed by atoms with E-state index >= 15 is 0 Å². The van der Waals surface area contributed by atoms with Crippen molar-refractivity contribution in [3.63, 3.8) is 0 Å². The van der Waals surface area contributed by atoms with Crippen LogP contribution < -0.4 is 5.32 Å². The first-order valence-corrected chi connectivity index (χ1v) is 3.47. The average Bonchev–Trinajstić information content (AvgIpc) is 1.67. The van der Waals surface area contributed by atoms with Crippen LogP contribution in [0.3, 0.4) is 0 Å². The van der Waals surface area contributed by atoms with Gasteiger partial charge in [0.15, 0.2) is 0 Å². The molecule has 0 unspecified atom stereocenters. The van der Waals surface area contributed by atoms with Gasteiger partial charge in [-0.25, -0.2) is 0 Å². The average molecular weight is 136 g/mol. The molecule has 0 amide bonds. The number of hydrogen-bond acceptors (Lipinski definition) is 1. The molecule has 0 rings (SSSR count). The molecular formula is C6H14ClN. The second-order valence-electron chi connectivity index (χ2n) is 2.55. The van der Waals surface area contributed by atoms with Crippen LogP contribution in [0.1, 0.15) is 20.8 Å². The maximum Gasteiger partial charge on any atom is 0.0400 e. The van der Waals surface area contributed by atoms with E-state index in [0.29, 0.717) is 5.88 Å². The van der Waals surface area contributed by atoms with Gasteiger partial charge in [-0.15, -0.1) is 11.6 Å². The summed E-state index contributed by atoms with van der Waals surface area (Å²) in [7, 11) is 0. The molecule has 0 aromatic rings. The summed E-state index contributed by atoms with van der Waals surface area (Å²) in [6.45, 7) is 7.24. The van der Waals surface area contributed by atoms with Crippen molar-refractivity contribution in [2.24, 2.45) is 0 Å². The molecule has 0 bridgehead atoms. The Balaban J connectivity index is 3.37. The predicted molar refractivity (Wildman–Crippen MR) is 38.5 cm³/mol. The molecule has 8 heavy (non-hydrogen) atoms. The Morgan fingerprint density at radius 3 is 2.12 bits per heavy atom. The molecule has 0 radical (unpaired) electrons. The normalized spacial score (nSPS) is 12.0. The molecule has 0 aliphatic heterocycles. The molecule has 0 aliphatic rings. The molecule has 0 atom stereocenters. The van der Waals surface area contributed by atoms with Gasteiger partial charge in [-0.3, -0.25) is 0 Å². The van der Waals surface area contributed by atoms with Crippen LogP contribution in [0.5, 0.6) is 0 Å². The third-order valence-electron chi connectivity index (χ3n) is 0.989. The minimum Gasteiger partial charge on any atom is -0.311 e. The summed E-state index contributed by atoms with van der Waals surface area (Å²) in [6, 6.07) is 0. The van der Waals surface area contributed by atoms with E-state index in [2.05, 4.69) is 26.1 Å². The van der Waals surface area contributed by atoms with Crippen molar-refractivity contribution in [1.29, 1.82) is 0 Å². The fourth-order valence-electron chi connectivity index (χ4n) is 0.526. The molecule has 1 nitrogen and oxygen atoms in total. The summed E-state index contributed by atoms with van der Waals surface area (Å²) in [5.41, 5.74) is 0.107. The topological polar surface area (TPSA) is 12.0 Å². The lowest BCUT2D eigenvalue weighted by Crippen LogP contribution is -2.40. The summed E-state index contributed by atoms with van der Waals surface area (Å²) in [4.78, 5) is 0. The molecule has 1 N–H and O–H groups in total. The quantitative estimate of drug-likeness (QED) is 0.580. The van der Waals surface area contributed by atoms with Crippen LogP contribution in [-0.4, -0.2) is 18.0 Å². The predicted octanol–water partition coefficient (Wildman–Crippen LogP) is 1.61. The van der Waals surface area contributed by atoms with E-state index in [1.54, 1.807) is 0 Å². The van der Waals surface area contributed by atoms with Crippen molar-refractivity contribution in [2.45, 2.75) is 26.3 Å². The monoisotopic (exact) mass is 135 g/mol. The Hall–Kier alpha value is 0.250. The fourth-order valence-corrected chi connectivity index (χ4v) is 0.620. The second kappa shape index (κ2) is 3.31. The highest BCUT2D eigenvalue weighted by Crippen LogP contribution is 2.02. The Bertz CT molecular complexity index is 61.5. The van der Waals surface area contributed by atoms with Crippen LogP contribution in [0.15, 0.2) is 0 Å². The number of hydrogen-bond donors (Lipinski definition) is 1. The molecule has 0 aromatic heterocycles. The lowest BCUT2D eigenvalue weighted by Gasteiger charge is -2.21. The van der Waals surface area contributed by atoms with Gasteiger partial charge in [0.1, 0.15) is 0 Å². The van der Waals surface area contributed by atoms with E-state index in [1.807, 2.05) is 0 Å². The highest BCUT2D eigenvalue weighted by molar-refractivity contribution is 6.18. The summed E-state index contributed by atoms with van der Waals surface area (Å²) < 4.78 is 0. The van der Waals surface area contributed by atoms with Gasteiger partial charge in [0.05, 0.1) is 0 Å². The molecule has 0 aliphatic carbocycles. The van der Waals surface area contributed by atoms with Crippen LogP contribution in [0.4, 0.5) is 0 Å². The van der Waals surface area contributed by atoms with Crippen molar-refractivity contribution >= 4 is 11.6 Å². The minimum absolute atomic E-state index is 0.107. The molecule has 0 fully saturated rings. The summed E-state index contributed by atoms with van der Waals surface area (Å²) in [5, 5.41) is 3.24. The smallest absolute Gasteiger partial charge is 0.0400 e. The fraction of sp³-hybridized carbons (Fsp3) is 1.00. The Morgan fingerprint density at radius 2 is 2.00 bits per heavy atom. The van der Waals surface area contributed by atoms with Gasteiger partial charge in [0.2, 0.25) is 0 Å². The molecule has 0 aromatic carbocycles. The highest BCUT2D eigenvalue weighted by Gasteiger charge is 2.12. The molecule has 0 spiro atoms. The summed E-state index contributed by atoms with van der Waals surface area (Å²) in [5.74, 6) is 0.668. The minimum atomic E-state index is 0.107. The molecule has 0 heterocycles. The molecule has 0 saturated carbocycles. The van der Waals surface area contributed by atoms with Crippen LogP contribution >= 0.6 is 11.6 Å². The maximum atomic E-state index is 5.61. The van der Waals surface area contributed by atoms with E-state index in [4.69, 9.17) is 11.6 Å². The summed E-state index contributed by atoms with van der Waals surface area (Å²) in [6.07, 6.45) is 0. The van der Waals surface area contributed by atoms with E-state index in [9.17, 15) is 0 Å². The van der Waals surface area contributed by atoms with Crippen molar-refractivity contribution in [3.8, 4) is 0 Å². The zero-order valence-electron chi connectivity index (χ0n) is 5.79. The lowest BCUT2D eigenvalue weighted by molar-refractivity contribution is 0.445. The van der Waals surface area contributed by atoms with E-state index in [0.717, 1.165) is 6.54 Å². The van der Waals surface area contributed by atoms with Gasteiger partial charge in [-0.05, 0) is 20.4 Å². The van der Waals surface area contributed by atoms with Crippen LogP contribution in [0.2, 0.25) is 0 Å². The maximum absolute atomic E-state index is 5.61. The zero-order valence-corrected chi connectivity index (χ0v) is 6.55. The van der Waals surface area contributed by atoms with Crippen LogP contribution in [0, 0.1) is 0 Å². The third-order valence-corrected chi connectivity index (χ3v) is 1.66. The molecule has 2 heteroatoms. The zero-order chi connectivity index (χ0) is 6.62. The van der Waals surface area contributed by atoms with Crippen molar-refractivity contribution in [1.82, 2.24) is 5.32 Å². The van der Waals surface area contributed by atoms with Gasteiger partial charge >= 0.3 is 0 Å². The number of rotatable bonds is 3. The Morgan fingerprint density at radius 1 is 1.50 bits per heavy atom.